The number of hydrogen-bond acceptors (Lipinski definition) is 6. The first-order chi connectivity index (χ1) is 15.7. The van der Waals surface area contributed by atoms with Gasteiger partial charge in [-0.25, -0.2) is 9.97 Å². The summed E-state index contributed by atoms with van der Waals surface area (Å²) < 4.78 is 7.59. The molecule has 1 atom stereocenters. The van der Waals surface area contributed by atoms with Crippen molar-refractivity contribution in [1.82, 2.24) is 24.4 Å². The number of fused-ring (bicyclic) bond motifs is 1. The van der Waals surface area contributed by atoms with E-state index in [1.54, 1.807) is 25.6 Å². The minimum absolute atomic E-state index is 0.445. The smallest absolute Gasteiger partial charge is 0.227 e. The Hall–Kier alpha value is -3.45. The van der Waals surface area contributed by atoms with E-state index in [2.05, 4.69) is 62.3 Å². The molecule has 1 saturated heterocycles. The Morgan fingerprint density at radius 3 is 2.78 bits per heavy atom. The highest BCUT2D eigenvalue weighted by Crippen LogP contribution is 2.30. The molecule has 4 aromatic rings. The van der Waals surface area contributed by atoms with E-state index in [0.29, 0.717) is 11.9 Å². The number of hydrogen-bond donors (Lipinski definition) is 1. The first-order valence-electron chi connectivity index (χ1n) is 11.0. The fourth-order valence-electron chi connectivity index (χ4n) is 4.60. The number of benzene rings is 1. The van der Waals surface area contributed by atoms with Crippen molar-refractivity contribution in [2.75, 3.05) is 25.5 Å². The van der Waals surface area contributed by atoms with Crippen molar-refractivity contribution < 1.29 is 4.74 Å². The van der Waals surface area contributed by atoms with Crippen LogP contribution in [0.25, 0.3) is 10.9 Å². The van der Waals surface area contributed by atoms with Crippen molar-refractivity contribution in [2.24, 2.45) is 7.05 Å². The molecule has 1 aromatic carbocycles. The Kier molecular flexibility index (Phi) is 5.73. The lowest BCUT2D eigenvalue weighted by atomic mass is 9.94. The van der Waals surface area contributed by atoms with Crippen LogP contribution in [0.15, 0.2) is 61.2 Å². The lowest BCUT2D eigenvalue weighted by molar-refractivity contribution is 0.199. The van der Waals surface area contributed by atoms with Gasteiger partial charge in [-0.3, -0.25) is 9.88 Å². The minimum atomic E-state index is 0.445. The van der Waals surface area contributed by atoms with Gasteiger partial charge in [0.15, 0.2) is 0 Å². The number of aromatic nitrogens is 4. The van der Waals surface area contributed by atoms with Crippen LogP contribution in [0.4, 0.5) is 11.6 Å². The van der Waals surface area contributed by atoms with Crippen molar-refractivity contribution >= 4 is 22.5 Å². The summed E-state index contributed by atoms with van der Waals surface area (Å²) in [6.07, 6.45) is 9.93. The molecule has 32 heavy (non-hydrogen) atoms. The van der Waals surface area contributed by atoms with Crippen molar-refractivity contribution in [3.05, 3.63) is 72.4 Å². The van der Waals surface area contributed by atoms with Gasteiger partial charge in [-0.15, -0.1) is 0 Å². The molecule has 0 spiro atoms. The third kappa shape index (κ3) is 4.29. The predicted octanol–water partition coefficient (Wildman–Crippen LogP) is 4.50. The maximum Gasteiger partial charge on any atom is 0.227 e. The molecular formula is C25H28N6O. The number of piperidine rings is 1. The zero-order valence-corrected chi connectivity index (χ0v) is 18.5. The highest BCUT2D eigenvalue weighted by Gasteiger charge is 2.23. The first-order valence-corrected chi connectivity index (χ1v) is 11.0. The number of ether oxygens (including phenoxy) is 1. The molecule has 0 aliphatic carbocycles. The van der Waals surface area contributed by atoms with Crippen LogP contribution in [0, 0.1) is 0 Å². The van der Waals surface area contributed by atoms with E-state index in [1.807, 2.05) is 12.3 Å². The number of pyridine rings is 1. The quantitative estimate of drug-likeness (QED) is 0.488. The molecule has 4 heterocycles. The van der Waals surface area contributed by atoms with E-state index in [4.69, 9.17) is 9.72 Å². The second kappa shape index (κ2) is 8.96. The van der Waals surface area contributed by atoms with Gasteiger partial charge in [0.2, 0.25) is 5.95 Å². The summed E-state index contributed by atoms with van der Waals surface area (Å²) in [5.41, 5.74) is 4.62. The van der Waals surface area contributed by atoms with Crippen LogP contribution in [0.1, 0.15) is 30.0 Å². The molecule has 0 saturated carbocycles. The van der Waals surface area contributed by atoms with Crippen LogP contribution < -0.4 is 10.1 Å². The molecule has 7 nitrogen and oxygen atoms in total. The minimum Gasteiger partial charge on any atom is -0.497 e. The van der Waals surface area contributed by atoms with Crippen LogP contribution in [0.5, 0.6) is 5.75 Å². The van der Waals surface area contributed by atoms with Gasteiger partial charge in [-0.05, 0) is 55.3 Å². The van der Waals surface area contributed by atoms with Gasteiger partial charge in [0.25, 0.3) is 0 Å². The van der Waals surface area contributed by atoms with Gasteiger partial charge >= 0.3 is 0 Å². The molecule has 7 heteroatoms. The first kappa shape index (κ1) is 20.5. The van der Waals surface area contributed by atoms with E-state index in [0.717, 1.165) is 36.8 Å². The molecule has 5 rings (SSSR count). The van der Waals surface area contributed by atoms with E-state index in [9.17, 15) is 0 Å². The molecule has 0 radical (unpaired) electrons. The fourth-order valence-corrected chi connectivity index (χ4v) is 4.60. The van der Waals surface area contributed by atoms with Gasteiger partial charge in [0.05, 0.1) is 24.5 Å². The third-order valence-electron chi connectivity index (χ3n) is 6.21. The molecule has 1 N–H and O–H groups in total. The Bertz CT molecular complexity index is 1190. The molecule has 0 unspecified atom stereocenters. The lowest BCUT2D eigenvalue weighted by Crippen LogP contribution is -2.34. The van der Waals surface area contributed by atoms with Gasteiger partial charge in [0.1, 0.15) is 5.75 Å². The predicted molar refractivity (Wildman–Crippen MR) is 126 cm³/mol. The Morgan fingerprint density at radius 2 is 2.00 bits per heavy atom. The molecule has 164 valence electrons. The van der Waals surface area contributed by atoms with Crippen molar-refractivity contribution in [1.29, 1.82) is 0 Å². The van der Waals surface area contributed by atoms with Crippen molar-refractivity contribution in [2.45, 2.75) is 25.3 Å². The number of aryl methyl sites for hydroxylation is 1. The number of nitrogens with one attached hydrogen (secondary N) is 1. The summed E-state index contributed by atoms with van der Waals surface area (Å²) in [5.74, 6) is 1.92. The highest BCUT2D eigenvalue weighted by atomic mass is 16.5. The Balaban J connectivity index is 1.27. The highest BCUT2D eigenvalue weighted by molar-refractivity contribution is 5.85. The summed E-state index contributed by atoms with van der Waals surface area (Å²) in [4.78, 5) is 15.7. The molecule has 0 bridgehead atoms. The van der Waals surface area contributed by atoms with Crippen LogP contribution >= 0.6 is 0 Å². The summed E-state index contributed by atoms with van der Waals surface area (Å²) in [6, 6.07) is 12.3. The molecule has 1 aliphatic heterocycles. The van der Waals surface area contributed by atoms with Gasteiger partial charge in [-0.1, -0.05) is 0 Å². The summed E-state index contributed by atoms with van der Waals surface area (Å²) in [6.45, 7) is 3.09. The monoisotopic (exact) mass is 428 g/mol. The second-order valence-corrected chi connectivity index (χ2v) is 8.39. The maximum atomic E-state index is 5.40. The number of nitrogens with zero attached hydrogens (tertiary/aromatic N) is 5. The van der Waals surface area contributed by atoms with Gasteiger partial charge < -0.3 is 14.6 Å². The standard InChI is InChI=1S/C25H28N6O/c1-30-15-19(22-8-7-21(32-2)13-24(22)30)17-31-12-3-5-18(16-31)23-9-6-20(14-28-23)29-25-26-10-4-11-27-25/h4,6-11,13-15,18H,3,5,12,16-17H2,1-2H3,(H,26,27,29)/t18-/m0/s1. The lowest BCUT2D eigenvalue weighted by Gasteiger charge is -2.32. The van der Waals surface area contributed by atoms with Crippen molar-refractivity contribution in [3.8, 4) is 5.75 Å². The topological polar surface area (TPSA) is 68.1 Å². The van der Waals surface area contributed by atoms with E-state index in [-0.39, 0.29) is 0 Å². The average molecular weight is 429 g/mol. The van der Waals surface area contributed by atoms with E-state index in [1.165, 1.54) is 29.3 Å². The second-order valence-electron chi connectivity index (χ2n) is 8.39. The number of likely N-dealkylation sites (tertiary alicyclic amines) is 1. The fraction of sp³-hybridized carbons (Fsp3) is 0.320. The van der Waals surface area contributed by atoms with Crippen LogP contribution in [-0.4, -0.2) is 44.6 Å². The summed E-state index contributed by atoms with van der Waals surface area (Å²) >= 11 is 0. The number of rotatable bonds is 6. The largest absolute Gasteiger partial charge is 0.497 e. The molecule has 1 fully saturated rings. The summed E-state index contributed by atoms with van der Waals surface area (Å²) in [5, 5.41) is 4.49. The van der Waals surface area contributed by atoms with Crippen LogP contribution in [0.3, 0.4) is 0 Å². The third-order valence-corrected chi connectivity index (χ3v) is 6.21. The molecular weight excluding hydrogens is 400 g/mol. The zero-order valence-electron chi connectivity index (χ0n) is 18.5. The Labute approximate surface area is 188 Å². The van der Waals surface area contributed by atoms with Crippen molar-refractivity contribution in [3.63, 3.8) is 0 Å². The normalized spacial score (nSPS) is 16.9. The van der Waals surface area contributed by atoms with E-state index < -0.39 is 0 Å². The maximum absolute atomic E-state index is 5.40. The average Bonchev–Trinajstić information content (AvgIpc) is 3.14. The SMILES string of the molecule is COc1ccc2c(CN3CCC[C@H](c4ccc(Nc5ncccn5)cn4)C3)cn(C)c2c1. The zero-order chi connectivity index (χ0) is 21.9. The van der Waals surface area contributed by atoms with Crippen LogP contribution in [-0.2, 0) is 13.6 Å². The molecule has 0 amide bonds. The molecule has 3 aromatic heterocycles. The van der Waals surface area contributed by atoms with Crippen LogP contribution in [0.2, 0.25) is 0 Å². The van der Waals surface area contributed by atoms with Gasteiger partial charge in [0, 0.05) is 61.8 Å². The Morgan fingerprint density at radius 1 is 1.12 bits per heavy atom. The molecule has 1 aliphatic rings. The number of methoxy groups -OCH3 is 1. The van der Waals surface area contributed by atoms with E-state index >= 15 is 0 Å². The van der Waals surface area contributed by atoms with Gasteiger partial charge in [-0.2, -0.15) is 0 Å². The summed E-state index contributed by atoms with van der Waals surface area (Å²) in [7, 11) is 3.81. The number of anilines is 2.